The van der Waals surface area contributed by atoms with E-state index in [0.717, 1.165) is 4.90 Å². The summed E-state index contributed by atoms with van der Waals surface area (Å²) in [6.45, 7) is 5.39. The summed E-state index contributed by atoms with van der Waals surface area (Å²) in [6.07, 6.45) is 0.440. The maximum Gasteiger partial charge on any atom is 0.319 e. The summed E-state index contributed by atoms with van der Waals surface area (Å²) in [6, 6.07) is 16.1. The molecule has 148 valence electrons. The molecule has 0 aliphatic heterocycles. The Balaban J connectivity index is 1.82. The van der Waals surface area contributed by atoms with Crippen LogP contribution < -0.4 is 5.32 Å². The largest absolute Gasteiger partial charge is 0.456 e. The topological polar surface area (TPSA) is 72.5 Å². The molecule has 2 rings (SSSR count). The second kappa shape index (κ2) is 10.7. The number of anilines is 1. The van der Waals surface area contributed by atoms with Crippen LogP contribution in [0.1, 0.15) is 37.6 Å². The second-order valence-corrected chi connectivity index (χ2v) is 8.24. The summed E-state index contributed by atoms with van der Waals surface area (Å²) in [5.41, 5.74) is 1.06. The van der Waals surface area contributed by atoms with Crippen molar-refractivity contribution in [1.29, 1.82) is 0 Å². The molecule has 28 heavy (non-hydrogen) atoms. The zero-order valence-electron chi connectivity index (χ0n) is 16.3. The highest BCUT2D eigenvalue weighted by Gasteiger charge is 2.18. The molecule has 5 nitrogen and oxygen atoms in total. The molecule has 1 amide bonds. The molecule has 0 saturated carbocycles. The summed E-state index contributed by atoms with van der Waals surface area (Å²) in [7, 11) is 0. The first-order chi connectivity index (χ1) is 13.3. The number of benzene rings is 2. The predicted octanol–water partition coefficient (Wildman–Crippen LogP) is 4.58. The van der Waals surface area contributed by atoms with Crippen LogP contribution in [0, 0.1) is 5.92 Å². The van der Waals surface area contributed by atoms with E-state index in [2.05, 4.69) is 5.32 Å². The van der Waals surface area contributed by atoms with Crippen molar-refractivity contribution in [2.45, 2.75) is 37.3 Å². The van der Waals surface area contributed by atoms with Gasteiger partial charge in [0.25, 0.3) is 0 Å². The number of rotatable bonds is 9. The SMILES string of the molecule is CC(C)CC(=O)Nc1ccc(C(=O)COC(=O)[C@@H](C)Sc2ccccc2)cc1. The zero-order valence-corrected chi connectivity index (χ0v) is 17.1. The maximum atomic E-state index is 12.2. The minimum atomic E-state index is -0.431. The van der Waals surface area contributed by atoms with E-state index in [1.54, 1.807) is 31.2 Å². The van der Waals surface area contributed by atoms with E-state index in [1.165, 1.54) is 11.8 Å². The minimum Gasteiger partial charge on any atom is -0.456 e. The maximum absolute atomic E-state index is 12.2. The van der Waals surface area contributed by atoms with Gasteiger partial charge in [0.1, 0.15) is 5.25 Å². The van der Waals surface area contributed by atoms with Gasteiger partial charge in [-0.1, -0.05) is 32.0 Å². The van der Waals surface area contributed by atoms with Crippen LogP contribution in [0.25, 0.3) is 0 Å². The normalized spacial score (nSPS) is 11.7. The lowest BCUT2D eigenvalue weighted by atomic mass is 10.1. The van der Waals surface area contributed by atoms with Crippen LogP contribution in [-0.2, 0) is 14.3 Å². The van der Waals surface area contributed by atoms with E-state index in [0.29, 0.717) is 17.7 Å². The number of thioether (sulfide) groups is 1. The lowest BCUT2D eigenvalue weighted by Crippen LogP contribution is -2.21. The Morgan fingerprint density at radius 1 is 0.964 bits per heavy atom. The Bertz CT molecular complexity index is 803. The molecule has 6 heteroatoms. The van der Waals surface area contributed by atoms with Gasteiger partial charge in [-0.2, -0.15) is 0 Å². The van der Waals surface area contributed by atoms with Crippen molar-refractivity contribution in [3.05, 3.63) is 60.2 Å². The molecule has 0 heterocycles. The Kier molecular flexibility index (Phi) is 8.26. The van der Waals surface area contributed by atoms with Crippen LogP contribution in [0.3, 0.4) is 0 Å². The molecule has 0 saturated heterocycles. The second-order valence-electron chi connectivity index (χ2n) is 6.83. The van der Waals surface area contributed by atoms with Gasteiger partial charge in [0.2, 0.25) is 5.91 Å². The summed E-state index contributed by atoms with van der Waals surface area (Å²) in [5.74, 6) is -0.504. The molecule has 0 bridgehead atoms. The van der Waals surface area contributed by atoms with Crippen molar-refractivity contribution >= 4 is 35.1 Å². The van der Waals surface area contributed by atoms with Gasteiger partial charge in [-0.25, -0.2) is 0 Å². The molecular weight excluding hydrogens is 374 g/mol. The zero-order chi connectivity index (χ0) is 20.5. The lowest BCUT2D eigenvalue weighted by Gasteiger charge is -2.11. The standard InChI is InChI=1S/C22H25NO4S/c1-15(2)13-21(25)23-18-11-9-17(10-12-18)20(24)14-27-22(26)16(3)28-19-7-5-4-6-8-19/h4-12,15-16H,13-14H2,1-3H3,(H,23,25)/t16-/m1/s1. The summed E-state index contributed by atoms with van der Waals surface area (Å²) >= 11 is 1.38. The quantitative estimate of drug-likeness (QED) is 0.380. The van der Waals surface area contributed by atoms with Crippen molar-refractivity contribution in [3.8, 4) is 0 Å². The van der Waals surface area contributed by atoms with Crippen molar-refractivity contribution in [1.82, 2.24) is 0 Å². The lowest BCUT2D eigenvalue weighted by molar-refractivity contribution is -0.141. The van der Waals surface area contributed by atoms with Gasteiger partial charge in [0.05, 0.1) is 0 Å². The molecule has 1 N–H and O–H groups in total. The third-order valence-electron chi connectivity index (χ3n) is 3.82. The molecule has 0 unspecified atom stereocenters. The van der Waals surface area contributed by atoms with Crippen molar-refractivity contribution < 1.29 is 19.1 Å². The first kappa shape index (κ1) is 21.7. The van der Waals surface area contributed by atoms with E-state index < -0.39 is 11.2 Å². The molecule has 0 radical (unpaired) electrons. The van der Waals surface area contributed by atoms with E-state index in [-0.39, 0.29) is 24.2 Å². The van der Waals surface area contributed by atoms with Gasteiger partial charge >= 0.3 is 5.97 Å². The molecule has 0 aliphatic carbocycles. The van der Waals surface area contributed by atoms with E-state index >= 15 is 0 Å². The van der Waals surface area contributed by atoms with E-state index in [9.17, 15) is 14.4 Å². The summed E-state index contributed by atoms with van der Waals surface area (Å²) in [4.78, 5) is 37.1. The molecule has 2 aromatic carbocycles. The Morgan fingerprint density at radius 3 is 2.21 bits per heavy atom. The monoisotopic (exact) mass is 399 g/mol. The van der Waals surface area contributed by atoms with Crippen molar-refractivity contribution in [3.63, 3.8) is 0 Å². The van der Waals surface area contributed by atoms with Crippen LogP contribution in [0.4, 0.5) is 5.69 Å². The number of esters is 1. The van der Waals surface area contributed by atoms with Gasteiger partial charge in [0.15, 0.2) is 12.4 Å². The van der Waals surface area contributed by atoms with Crippen LogP contribution >= 0.6 is 11.8 Å². The van der Waals surface area contributed by atoms with Gasteiger partial charge in [-0.05, 0) is 49.2 Å². The summed E-state index contributed by atoms with van der Waals surface area (Å²) in [5, 5.41) is 2.38. The summed E-state index contributed by atoms with van der Waals surface area (Å²) < 4.78 is 5.15. The number of ketones is 1. The first-order valence-electron chi connectivity index (χ1n) is 9.16. The average molecular weight is 400 g/mol. The average Bonchev–Trinajstić information content (AvgIpc) is 2.66. The minimum absolute atomic E-state index is 0.0621. The third-order valence-corrected chi connectivity index (χ3v) is 4.91. The third kappa shape index (κ3) is 7.19. The van der Waals surface area contributed by atoms with Crippen molar-refractivity contribution in [2.24, 2.45) is 5.92 Å². The highest BCUT2D eigenvalue weighted by molar-refractivity contribution is 8.00. The highest BCUT2D eigenvalue weighted by Crippen LogP contribution is 2.23. The Hall–Kier alpha value is -2.60. The van der Waals surface area contributed by atoms with Gasteiger partial charge < -0.3 is 10.1 Å². The molecule has 0 aliphatic rings. The van der Waals surface area contributed by atoms with Crippen molar-refractivity contribution in [2.75, 3.05) is 11.9 Å². The number of Topliss-reactive ketones (excluding diaryl/α,β-unsaturated/α-hetero) is 1. The molecule has 2 aromatic rings. The number of carbonyl (C=O) groups is 3. The number of ether oxygens (including phenoxy) is 1. The number of carbonyl (C=O) groups excluding carboxylic acids is 3. The molecule has 0 aromatic heterocycles. The van der Waals surface area contributed by atoms with E-state index in [4.69, 9.17) is 4.74 Å². The predicted molar refractivity (Wildman–Crippen MR) is 112 cm³/mol. The number of hydrogen-bond acceptors (Lipinski definition) is 5. The van der Waals surface area contributed by atoms with Crippen LogP contribution in [0.2, 0.25) is 0 Å². The van der Waals surface area contributed by atoms with Crippen LogP contribution in [-0.4, -0.2) is 29.5 Å². The van der Waals surface area contributed by atoms with Gasteiger partial charge in [-0.3, -0.25) is 14.4 Å². The fraction of sp³-hybridized carbons (Fsp3) is 0.318. The molecule has 1 atom stereocenters. The van der Waals surface area contributed by atoms with E-state index in [1.807, 2.05) is 44.2 Å². The highest BCUT2D eigenvalue weighted by atomic mass is 32.2. The Morgan fingerprint density at radius 2 is 1.61 bits per heavy atom. The number of hydrogen-bond donors (Lipinski definition) is 1. The number of amides is 1. The fourth-order valence-corrected chi connectivity index (χ4v) is 3.30. The first-order valence-corrected chi connectivity index (χ1v) is 10.0. The van der Waals surface area contributed by atoms with Gasteiger partial charge in [-0.15, -0.1) is 11.8 Å². The molecule has 0 fully saturated rings. The van der Waals surface area contributed by atoms with Crippen LogP contribution in [0.15, 0.2) is 59.5 Å². The molecular formula is C22H25NO4S. The smallest absolute Gasteiger partial charge is 0.319 e. The Labute approximate surface area is 169 Å². The van der Waals surface area contributed by atoms with Gasteiger partial charge in [0, 0.05) is 22.6 Å². The fourth-order valence-electron chi connectivity index (χ4n) is 2.41. The molecule has 0 spiro atoms. The number of nitrogens with one attached hydrogen (secondary N) is 1. The van der Waals surface area contributed by atoms with Crippen LogP contribution in [0.5, 0.6) is 0 Å².